The van der Waals surface area contributed by atoms with Crippen LogP contribution in [0, 0.1) is 11.8 Å². The summed E-state index contributed by atoms with van der Waals surface area (Å²) in [4.78, 5) is 0. The summed E-state index contributed by atoms with van der Waals surface area (Å²) in [5.74, 6) is 2.33. The third kappa shape index (κ3) is 2.32. The van der Waals surface area contributed by atoms with E-state index in [1.54, 1.807) is 38.5 Å². The zero-order valence-electron chi connectivity index (χ0n) is 6.81. The Bertz CT molecular complexity index is 84.6. The van der Waals surface area contributed by atoms with Crippen LogP contribution < -0.4 is 0 Å². The molecular formula is C10H18. The average molecular weight is 138 g/mol. The van der Waals surface area contributed by atoms with Crippen LogP contribution in [-0.2, 0) is 0 Å². The molecule has 2 fully saturated rings. The van der Waals surface area contributed by atoms with Gasteiger partial charge in [0.2, 0.25) is 0 Å². The van der Waals surface area contributed by atoms with Gasteiger partial charge in [-0.1, -0.05) is 51.4 Å². The van der Waals surface area contributed by atoms with Crippen molar-refractivity contribution >= 4 is 0 Å². The van der Waals surface area contributed by atoms with E-state index in [4.69, 9.17) is 0 Å². The van der Waals surface area contributed by atoms with E-state index < -0.39 is 0 Å². The van der Waals surface area contributed by atoms with E-state index in [2.05, 4.69) is 0 Å². The monoisotopic (exact) mass is 138 g/mol. The summed E-state index contributed by atoms with van der Waals surface area (Å²) in [6.45, 7) is 0. The fourth-order valence-electron chi connectivity index (χ4n) is 1.68. The summed E-state index contributed by atoms with van der Waals surface area (Å²) in [5.41, 5.74) is 0. The smallest absolute Gasteiger partial charge is 0.0414 e. The van der Waals surface area contributed by atoms with Crippen LogP contribution in [0.1, 0.15) is 51.4 Å². The highest BCUT2D eigenvalue weighted by atomic mass is 14.3. The lowest BCUT2D eigenvalue weighted by Crippen LogP contribution is -1.80. The molecule has 0 spiro atoms. The molecule has 0 heteroatoms. The Morgan fingerprint density at radius 1 is 0.700 bits per heavy atom. The van der Waals surface area contributed by atoms with Crippen molar-refractivity contribution in [2.24, 2.45) is 11.8 Å². The molecule has 0 aromatic rings. The molecular weight excluding hydrogens is 120 g/mol. The van der Waals surface area contributed by atoms with Gasteiger partial charge < -0.3 is 0 Å². The Morgan fingerprint density at radius 2 is 1.10 bits per heavy atom. The zero-order chi connectivity index (χ0) is 6.81. The van der Waals surface area contributed by atoms with Crippen LogP contribution in [0.4, 0.5) is 0 Å². The Hall–Kier alpha value is 0. The lowest BCUT2D eigenvalue weighted by Gasteiger charge is -1.96. The normalized spacial score (nSPS) is 25.2. The molecule has 10 heavy (non-hydrogen) atoms. The van der Waals surface area contributed by atoms with Gasteiger partial charge in [0.15, 0.2) is 0 Å². The van der Waals surface area contributed by atoms with E-state index in [1.165, 1.54) is 24.7 Å². The van der Waals surface area contributed by atoms with Gasteiger partial charge in [0.25, 0.3) is 0 Å². The molecule has 0 heterocycles. The van der Waals surface area contributed by atoms with Gasteiger partial charge in [0.1, 0.15) is 0 Å². The first-order chi connectivity index (χ1) is 4.95. The van der Waals surface area contributed by atoms with Gasteiger partial charge in [-0.15, -0.1) is 0 Å². The van der Waals surface area contributed by atoms with Crippen molar-refractivity contribution in [1.29, 1.82) is 0 Å². The standard InChI is InChI=1S/C10H18/c1(3-9-5-6-9)2-4-10-7-8-10/h9-10H,1-8H2. The summed E-state index contributed by atoms with van der Waals surface area (Å²) in [6, 6.07) is 0. The van der Waals surface area contributed by atoms with Gasteiger partial charge in [-0.2, -0.15) is 0 Å². The van der Waals surface area contributed by atoms with Crippen LogP contribution in [0.15, 0.2) is 0 Å². The van der Waals surface area contributed by atoms with Crippen LogP contribution in [0.5, 0.6) is 0 Å². The first kappa shape index (κ1) is 6.69. The second-order valence-electron chi connectivity index (χ2n) is 4.17. The molecule has 2 rings (SSSR count). The molecule has 58 valence electrons. The number of unbranched alkanes of at least 4 members (excludes halogenated alkanes) is 1. The highest BCUT2D eigenvalue weighted by molar-refractivity contribution is 4.75. The predicted octanol–water partition coefficient (Wildman–Crippen LogP) is 3.37. The third-order valence-corrected chi connectivity index (χ3v) is 2.87. The zero-order valence-corrected chi connectivity index (χ0v) is 6.81. The van der Waals surface area contributed by atoms with Crippen LogP contribution in [-0.4, -0.2) is 0 Å². The summed E-state index contributed by atoms with van der Waals surface area (Å²) in [5, 5.41) is 0. The molecule has 0 nitrogen and oxygen atoms in total. The highest BCUT2D eigenvalue weighted by Gasteiger charge is 2.22. The molecule has 0 unspecified atom stereocenters. The molecule has 0 aromatic carbocycles. The molecule has 2 aliphatic carbocycles. The number of hydrogen-bond acceptors (Lipinski definition) is 0. The Balaban J connectivity index is 1.40. The highest BCUT2D eigenvalue weighted by Crippen LogP contribution is 2.37. The lowest BCUT2D eigenvalue weighted by molar-refractivity contribution is 0.576. The molecule has 2 saturated carbocycles. The van der Waals surface area contributed by atoms with Gasteiger partial charge >= 0.3 is 0 Å². The van der Waals surface area contributed by atoms with Crippen LogP contribution >= 0.6 is 0 Å². The molecule has 0 bridgehead atoms. The van der Waals surface area contributed by atoms with Crippen molar-refractivity contribution < 1.29 is 0 Å². The largest absolute Gasteiger partial charge is 0.0530 e. The van der Waals surface area contributed by atoms with Gasteiger partial charge in [0, 0.05) is 0 Å². The molecule has 0 saturated heterocycles. The molecule has 0 aromatic heterocycles. The van der Waals surface area contributed by atoms with Gasteiger partial charge in [-0.3, -0.25) is 0 Å². The van der Waals surface area contributed by atoms with E-state index >= 15 is 0 Å². The quantitative estimate of drug-likeness (QED) is 0.511. The van der Waals surface area contributed by atoms with Gasteiger partial charge in [0.05, 0.1) is 0 Å². The first-order valence-electron chi connectivity index (χ1n) is 4.95. The van der Waals surface area contributed by atoms with E-state index in [1.807, 2.05) is 0 Å². The average Bonchev–Trinajstić information content (AvgIpc) is 2.77. The summed E-state index contributed by atoms with van der Waals surface area (Å²) < 4.78 is 0. The molecule has 2 aliphatic rings. The molecule has 0 aliphatic heterocycles. The number of hydrogen-bond donors (Lipinski definition) is 0. The summed E-state index contributed by atoms with van der Waals surface area (Å²) in [6.07, 6.45) is 12.3. The molecule has 0 amide bonds. The van der Waals surface area contributed by atoms with Crippen LogP contribution in [0.2, 0.25) is 0 Å². The minimum absolute atomic E-state index is 1.17. The minimum atomic E-state index is 1.17. The Kier molecular flexibility index (Phi) is 1.97. The maximum Gasteiger partial charge on any atom is -0.0414 e. The lowest BCUT2D eigenvalue weighted by atomic mass is 10.1. The van der Waals surface area contributed by atoms with Gasteiger partial charge in [-0.05, 0) is 11.8 Å². The maximum atomic E-state index is 1.55. The second kappa shape index (κ2) is 2.94. The van der Waals surface area contributed by atoms with E-state index in [-0.39, 0.29) is 0 Å². The second-order valence-corrected chi connectivity index (χ2v) is 4.17. The minimum Gasteiger partial charge on any atom is -0.0530 e. The van der Waals surface area contributed by atoms with E-state index in [9.17, 15) is 0 Å². The SMILES string of the molecule is C(CCC1CC1)CC1CC1. The third-order valence-electron chi connectivity index (χ3n) is 2.87. The van der Waals surface area contributed by atoms with Crippen molar-refractivity contribution in [2.75, 3.05) is 0 Å². The first-order valence-corrected chi connectivity index (χ1v) is 4.95. The van der Waals surface area contributed by atoms with Crippen molar-refractivity contribution in [3.63, 3.8) is 0 Å². The summed E-state index contributed by atoms with van der Waals surface area (Å²) in [7, 11) is 0. The number of rotatable bonds is 5. The molecule has 0 atom stereocenters. The Morgan fingerprint density at radius 3 is 1.40 bits per heavy atom. The van der Waals surface area contributed by atoms with Crippen LogP contribution in [0.3, 0.4) is 0 Å². The fraction of sp³-hybridized carbons (Fsp3) is 1.00. The van der Waals surface area contributed by atoms with Crippen molar-refractivity contribution in [1.82, 2.24) is 0 Å². The molecule has 0 radical (unpaired) electrons. The topological polar surface area (TPSA) is 0 Å². The van der Waals surface area contributed by atoms with Crippen LogP contribution in [0.25, 0.3) is 0 Å². The van der Waals surface area contributed by atoms with E-state index in [0.29, 0.717) is 0 Å². The summed E-state index contributed by atoms with van der Waals surface area (Å²) >= 11 is 0. The van der Waals surface area contributed by atoms with E-state index in [0.717, 1.165) is 0 Å². The Labute approximate surface area is 64.0 Å². The fourth-order valence-corrected chi connectivity index (χ4v) is 1.68. The predicted molar refractivity (Wildman–Crippen MR) is 43.9 cm³/mol. The molecule has 0 N–H and O–H groups in total. The van der Waals surface area contributed by atoms with Crippen molar-refractivity contribution in [3.05, 3.63) is 0 Å². The van der Waals surface area contributed by atoms with Gasteiger partial charge in [-0.25, -0.2) is 0 Å². The maximum absolute atomic E-state index is 1.55. The van der Waals surface area contributed by atoms with Crippen molar-refractivity contribution in [2.45, 2.75) is 51.4 Å². The van der Waals surface area contributed by atoms with Crippen molar-refractivity contribution in [3.8, 4) is 0 Å².